The van der Waals surface area contributed by atoms with Gasteiger partial charge in [-0.2, -0.15) is 0 Å². The van der Waals surface area contributed by atoms with Crippen LogP contribution in [0, 0.1) is 0 Å². The number of nitrogens with one attached hydrogen (secondary N) is 1. The van der Waals surface area contributed by atoms with Crippen molar-refractivity contribution in [2.45, 2.75) is 26.5 Å². The van der Waals surface area contributed by atoms with Gasteiger partial charge in [0.05, 0.1) is 16.7 Å². The molecule has 0 saturated carbocycles. The van der Waals surface area contributed by atoms with E-state index in [2.05, 4.69) is 5.32 Å². The molecule has 0 radical (unpaired) electrons. The number of aromatic hydroxyl groups is 2. The van der Waals surface area contributed by atoms with Gasteiger partial charge in [-0.1, -0.05) is 11.6 Å². The third-order valence-corrected chi connectivity index (χ3v) is 3.39. The molecule has 122 valence electrons. The lowest BCUT2D eigenvalue weighted by atomic mass is 10.1. The molecule has 2 aromatic rings. The highest BCUT2D eigenvalue weighted by molar-refractivity contribution is 6.33. The highest BCUT2D eigenvalue weighted by Gasteiger charge is 2.14. The largest absolute Gasteiger partial charge is 0.508 e. The number of esters is 1. The fourth-order valence-corrected chi connectivity index (χ4v) is 2.24. The standard InChI is InChI=1S/C17H18ClNO4/c1-10(2)23-17(22)14-5-3-12(8-15(14)18)19-9-11-7-13(20)4-6-16(11)21/h3-8,10,19-21H,9H2,1-2H3. The zero-order chi connectivity index (χ0) is 17.0. The summed E-state index contributed by atoms with van der Waals surface area (Å²) in [6, 6.07) is 9.19. The van der Waals surface area contributed by atoms with Crippen LogP contribution in [-0.4, -0.2) is 22.3 Å². The zero-order valence-electron chi connectivity index (χ0n) is 12.8. The van der Waals surface area contributed by atoms with Crippen LogP contribution in [0.15, 0.2) is 36.4 Å². The summed E-state index contributed by atoms with van der Waals surface area (Å²) in [4.78, 5) is 11.9. The van der Waals surface area contributed by atoms with Gasteiger partial charge in [-0.3, -0.25) is 0 Å². The van der Waals surface area contributed by atoms with Gasteiger partial charge in [0.25, 0.3) is 0 Å². The monoisotopic (exact) mass is 335 g/mol. The van der Waals surface area contributed by atoms with E-state index < -0.39 is 5.97 Å². The molecule has 0 aromatic heterocycles. The average molecular weight is 336 g/mol. The van der Waals surface area contributed by atoms with Crippen molar-refractivity contribution in [1.82, 2.24) is 0 Å². The summed E-state index contributed by atoms with van der Waals surface area (Å²) in [6.45, 7) is 3.83. The number of phenolic OH excluding ortho intramolecular Hbond substituents is 2. The molecule has 6 heteroatoms. The maximum atomic E-state index is 11.9. The van der Waals surface area contributed by atoms with Crippen molar-refractivity contribution in [3.05, 3.63) is 52.5 Å². The number of phenols is 2. The Labute approximate surface area is 139 Å². The number of rotatable bonds is 5. The molecule has 3 N–H and O–H groups in total. The number of carbonyl (C=O) groups is 1. The molecule has 0 amide bonds. The second-order valence-electron chi connectivity index (χ2n) is 5.32. The summed E-state index contributed by atoms with van der Waals surface area (Å²) in [5, 5.41) is 22.5. The van der Waals surface area contributed by atoms with Crippen LogP contribution in [0.3, 0.4) is 0 Å². The molecule has 23 heavy (non-hydrogen) atoms. The summed E-state index contributed by atoms with van der Waals surface area (Å²) in [5.41, 5.74) is 1.52. The molecule has 0 aliphatic heterocycles. The highest BCUT2D eigenvalue weighted by Crippen LogP contribution is 2.25. The zero-order valence-corrected chi connectivity index (χ0v) is 13.6. The SMILES string of the molecule is CC(C)OC(=O)c1ccc(NCc2cc(O)ccc2O)cc1Cl. The van der Waals surface area contributed by atoms with Gasteiger partial charge in [-0.25, -0.2) is 4.79 Å². The van der Waals surface area contributed by atoms with Crippen LogP contribution in [0.4, 0.5) is 5.69 Å². The fourth-order valence-electron chi connectivity index (χ4n) is 1.98. The number of ether oxygens (including phenoxy) is 1. The van der Waals surface area contributed by atoms with E-state index in [0.29, 0.717) is 23.4 Å². The summed E-state index contributed by atoms with van der Waals surface area (Å²) in [7, 11) is 0. The smallest absolute Gasteiger partial charge is 0.339 e. The Balaban J connectivity index is 2.09. The number of hydrogen-bond acceptors (Lipinski definition) is 5. The molecule has 0 fully saturated rings. The first kappa shape index (κ1) is 17.0. The molecule has 0 bridgehead atoms. The molecule has 0 heterocycles. The van der Waals surface area contributed by atoms with Crippen LogP contribution in [0.5, 0.6) is 11.5 Å². The van der Waals surface area contributed by atoms with E-state index in [4.69, 9.17) is 16.3 Å². The van der Waals surface area contributed by atoms with Crippen molar-refractivity contribution in [2.75, 3.05) is 5.32 Å². The Bertz CT molecular complexity index is 716. The quantitative estimate of drug-likeness (QED) is 0.570. The van der Waals surface area contributed by atoms with E-state index >= 15 is 0 Å². The fraction of sp³-hybridized carbons (Fsp3) is 0.235. The van der Waals surface area contributed by atoms with Crippen LogP contribution in [0.25, 0.3) is 0 Å². The van der Waals surface area contributed by atoms with Crippen molar-refractivity contribution in [3.63, 3.8) is 0 Å². The van der Waals surface area contributed by atoms with Gasteiger partial charge in [0.15, 0.2) is 0 Å². The van der Waals surface area contributed by atoms with E-state index in [0.717, 1.165) is 0 Å². The van der Waals surface area contributed by atoms with Gasteiger partial charge in [-0.15, -0.1) is 0 Å². The van der Waals surface area contributed by atoms with Crippen LogP contribution < -0.4 is 5.32 Å². The minimum atomic E-state index is -0.470. The molecule has 0 aliphatic carbocycles. The first-order valence-electron chi connectivity index (χ1n) is 7.12. The first-order chi connectivity index (χ1) is 10.9. The molecular weight excluding hydrogens is 318 g/mol. The minimum Gasteiger partial charge on any atom is -0.508 e. The summed E-state index contributed by atoms with van der Waals surface area (Å²) >= 11 is 6.12. The van der Waals surface area contributed by atoms with E-state index in [1.165, 1.54) is 18.2 Å². The molecule has 5 nitrogen and oxygen atoms in total. The third-order valence-electron chi connectivity index (χ3n) is 3.08. The predicted octanol–water partition coefficient (Wildman–Crippen LogP) is 3.93. The van der Waals surface area contributed by atoms with Gasteiger partial charge < -0.3 is 20.3 Å². The van der Waals surface area contributed by atoms with E-state index in [9.17, 15) is 15.0 Å². The van der Waals surface area contributed by atoms with Crippen molar-refractivity contribution < 1.29 is 19.7 Å². The van der Waals surface area contributed by atoms with Gasteiger partial charge in [-0.05, 0) is 50.2 Å². The summed E-state index contributed by atoms with van der Waals surface area (Å²) in [5.74, 6) is -0.315. The molecule has 2 aromatic carbocycles. The van der Waals surface area contributed by atoms with Crippen LogP contribution in [-0.2, 0) is 11.3 Å². The summed E-state index contributed by atoms with van der Waals surface area (Å²) in [6.07, 6.45) is -0.217. The van der Waals surface area contributed by atoms with Crippen molar-refractivity contribution in [1.29, 1.82) is 0 Å². The Morgan fingerprint density at radius 1 is 1.22 bits per heavy atom. The van der Waals surface area contributed by atoms with Crippen LogP contribution >= 0.6 is 11.6 Å². The number of halogens is 1. The second-order valence-corrected chi connectivity index (χ2v) is 5.72. The van der Waals surface area contributed by atoms with Crippen molar-refractivity contribution >= 4 is 23.3 Å². The molecule has 0 atom stereocenters. The van der Waals surface area contributed by atoms with Gasteiger partial charge in [0.1, 0.15) is 11.5 Å². The highest BCUT2D eigenvalue weighted by atomic mass is 35.5. The molecule has 0 aliphatic rings. The molecule has 2 rings (SSSR count). The maximum Gasteiger partial charge on any atom is 0.339 e. The Kier molecular flexibility index (Phi) is 5.34. The van der Waals surface area contributed by atoms with Crippen molar-refractivity contribution in [3.8, 4) is 11.5 Å². The Morgan fingerprint density at radius 2 is 1.96 bits per heavy atom. The number of hydrogen-bond donors (Lipinski definition) is 3. The Morgan fingerprint density at radius 3 is 2.61 bits per heavy atom. The van der Waals surface area contributed by atoms with E-state index in [-0.39, 0.29) is 22.6 Å². The lowest BCUT2D eigenvalue weighted by Gasteiger charge is -2.12. The molecule has 0 unspecified atom stereocenters. The van der Waals surface area contributed by atoms with E-state index in [1.807, 2.05) is 0 Å². The average Bonchev–Trinajstić information content (AvgIpc) is 2.47. The lowest BCUT2D eigenvalue weighted by Crippen LogP contribution is -2.12. The number of anilines is 1. The molecule has 0 saturated heterocycles. The molecular formula is C17H18ClNO4. The number of benzene rings is 2. The van der Waals surface area contributed by atoms with Gasteiger partial charge in [0, 0.05) is 17.8 Å². The second kappa shape index (κ2) is 7.24. The summed E-state index contributed by atoms with van der Waals surface area (Å²) < 4.78 is 5.11. The Hall–Kier alpha value is -2.40. The molecule has 0 spiro atoms. The van der Waals surface area contributed by atoms with Crippen molar-refractivity contribution in [2.24, 2.45) is 0 Å². The predicted molar refractivity (Wildman–Crippen MR) is 89.1 cm³/mol. The van der Waals surface area contributed by atoms with E-state index in [1.54, 1.807) is 32.0 Å². The van der Waals surface area contributed by atoms with Gasteiger partial charge in [0.2, 0.25) is 0 Å². The third kappa shape index (κ3) is 4.53. The lowest BCUT2D eigenvalue weighted by molar-refractivity contribution is 0.0378. The number of carbonyl (C=O) groups excluding carboxylic acids is 1. The van der Waals surface area contributed by atoms with Crippen LogP contribution in [0.2, 0.25) is 5.02 Å². The first-order valence-corrected chi connectivity index (χ1v) is 7.50. The maximum absolute atomic E-state index is 11.9. The topological polar surface area (TPSA) is 78.8 Å². The van der Waals surface area contributed by atoms with Crippen LogP contribution in [0.1, 0.15) is 29.8 Å². The van der Waals surface area contributed by atoms with Gasteiger partial charge >= 0.3 is 5.97 Å². The normalized spacial score (nSPS) is 10.6. The minimum absolute atomic E-state index is 0.0735.